The molecule has 240 valence electrons. The summed E-state index contributed by atoms with van der Waals surface area (Å²) in [6, 6.07) is 14.6. The first-order valence-corrected chi connectivity index (χ1v) is 14.9. The van der Waals surface area contributed by atoms with E-state index in [-0.39, 0.29) is 22.7 Å². The van der Waals surface area contributed by atoms with Gasteiger partial charge in [-0.05, 0) is 70.3 Å². The lowest BCUT2D eigenvalue weighted by Crippen LogP contribution is -2.37. The van der Waals surface area contributed by atoms with Gasteiger partial charge in [-0.3, -0.25) is 14.2 Å². The summed E-state index contributed by atoms with van der Waals surface area (Å²) < 4.78 is 12.5. The van der Waals surface area contributed by atoms with E-state index >= 15 is 0 Å². The van der Waals surface area contributed by atoms with Crippen LogP contribution in [-0.2, 0) is 17.8 Å². The Balaban J connectivity index is 1.74. The zero-order chi connectivity index (χ0) is 33.8. The summed E-state index contributed by atoms with van der Waals surface area (Å²) in [5, 5.41) is 13.6. The first kappa shape index (κ1) is 34.0. The molecule has 0 unspecified atom stereocenters. The van der Waals surface area contributed by atoms with Crippen molar-refractivity contribution in [1.29, 1.82) is 5.26 Å². The van der Waals surface area contributed by atoms with Gasteiger partial charge in [0.2, 0.25) is 5.95 Å². The molecule has 4 aromatic rings. The molecule has 46 heavy (non-hydrogen) atoms. The quantitative estimate of drug-likeness (QED) is 0.174. The van der Waals surface area contributed by atoms with Gasteiger partial charge in [-0.25, -0.2) is 4.98 Å². The molecule has 4 rings (SSSR count). The number of aryl methyl sites for hydroxylation is 2. The molecule has 0 aliphatic heterocycles. The number of ether oxygens (including phenoxy) is 2. The summed E-state index contributed by atoms with van der Waals surface area (Å²) in [6.07, 6.45) is 3.76. The lowest BCUT2D eigenvalue weighted by atomic mass is 9.99. The highest BCUT2D eigenvalue weighted by Gasteiger charge is 2.24. The van der Waals surface area contributed by atoms with E-state index in [9.17, 15) is 14.9 Å². The van der Waals surface area contributed by atoms with Crippen molar-refractivity contribution in [3.05, 3.63) is 81.3 Å². The number of carbonyl (C=O) groups excluding carboxylic acids is 1. The lowest BCUT2D eigenvalue weighted by molar-refractivity contribution is -0.114. The molecule has 0 spiro atoms. The standard InChI is InChI=1S/C34H38ClN7O4/c1-34(2,40(4)5)18-23(19-36)31(43)41(6)24-11-9-10-21(14-24)12-13-42-30-22(20-38-33(37-3)39-30)15-27(32(42)44)26-16-25(45-7)17-28(46-8)29(26)35/h9-11,14-18,20H,12-13H2,1-8H3,(H,37,38,39). The number of fused-ring (bicyclic) bond motifs is 1. The van der Waals surface area contributed by atoms with Crippen LogP contribution < -0.4 is 25.2 Å². The fourth-order valence-corrected chi connectivity index (χ4v) is 5.09. The van der Waals surface area contributed by atoms with E-state index < -0.39 is 11.4 Å². The first-order chi connectivity index (χ1) is 21.8. The highest BCUT2D eigenvalue weighted by molar-refractivity contribution is 6.35. The third kappa shape index (κ3) is 6.98. The van der Waals surface area contributed by atoms with Gasteiger partial charge in [-0.15, -0.1) is 0 Å². The number of hydrogen-bond acceptors (Lipinski definition) is 9. The Bertz CT molecular complexity index is 1910. The average Bonchev–Trinajstić information content (AvgIpc) is 3.05. The number of hydrogen-bond donors (Lipinski definition) is 1. The van der Waals surface area contributed by atoms with Gasteiger partial charge in [0.05, 0.1) is 19.2 Å². The highest BCUT2D eigenvalue weighted by Crippen LogP contribution is 2.38. The van der Waals surface area contributed by atoms with Gasteiger partial charge in [-0.2, -0.15) is 10.2 Å². The summed E-state index contributed by atoms with van der Waals surface area (Å²) in [4.78, 5) is 39.8. The van der Waals surface area contributed by atoms with E-state index in [1.165, 1.54) is 19.1 Å². The van der Waals surface area contributed by atoms with Crippen LogP contribution >= 0.6 is 11.6 Å². The molecule has 0 saturated heterocycles. The molecule has 1 N–H and O–H groups in total. The van der Waals surface area contributed by atoms with Gasteiger partial charge in [0, 0.05) is 60.6 Å². The molecule has 2 heterocycles. The Hall–Kier alpha value is -4.92. The van der Waals surface area contributed by atoms with E-state index in [0.29, 0.717) is 51.7 Å². The Labute approximate surface area is 273 Å². The van der Waals surface area contributed by atoms with Crippen molar-refractivity contribution in [3.63, 3.8) is 0 Å². The van der Waals surface area contributed by atoms with Gasteiger partial charge in [0.15, 0.2) is 0 Å². The summed E-state index contributed by atoms with van der Waals surface area (Å²) in [7, 11) is 10.1. The maximum atomic E-state index is 14.1. The van der Waals surface area contributed by atoms with Crippen molar-refractivity contribution < 1.29 is 14.3 Å². The Morgan fingerprint density at radius 1 is 1.13 bits per heavy atom. The molecule has 1 amide bonds. The fraction of sp³-hybridized carbons (Fsp3) is 0.324. The van der Waals surface area contributed by atoms with Gasteiger partial charge < -0.3 is 24.6 Å². The van der Waals surface area contributed by atoms with Gasteiger partial charge in [0.1, 0.15) is 28.8 Å². The van der Waals surface area contributed by atoms with Crippen LogP contribution in [-0.4, -0.2) is 73.3 Å². The minimum Gasteiger partial charge on any atom is -0.497 e. The monoisotopic (exact) mass is 643 g/mol. The third-order valence-corrected chi connectivity index (χ3v) is 8.43. The smallest absolute Gasteiger partial charge is 0.268 e. The van der Waals surface area contributed by atoms with Crippen molar-refractivity contribution in [2.45, 2.75) is 32.4 Å². The van der Waals surface area contributed by atoms with Crippen LogP contribution in [0.2, 0.25) is 5.02 Å². The SMILES string of the molecule is CNc1ncc2cc(-c3cc(OC)cc(OC)c3Cl)c(=O)n(CCc3cccc(N(C)C(=O)C(C#N)=CC(C)(C)N(C)C)c3)c2n1. The molecular formula is C34H38ClN7O4. The van der Waals surface area contributed by atoms with Crippen molar-refractivity contribution in [2.75, 3.05) is 52.6 Å². The van der Waals surface area contributed by atoms with Crippen LogP contribution in [0.15, 0.2) is 65.1 Å². The van der Waals surface area contributed by atoms with E-state index in [0.717, 1.165) is 5.56 Å². The van der Waals surface area contributed by atoms with Crippen LogP contribution in [0.25, 0.3) is 22.2 Å². The average molecular weight is 644 g/mol. The van der Waals surface area contributed by atoms with Crippen molar-refractivity contribution >= 4 is 40.2 Å². The predicted octanol–water partition coefficient (Wildman–Crippen LogP) is 5.17. The summed E-state index contributed by atoms with van der Waals surface area (Å²) in [5.41, 5.74) is 1.99. The Morgan fingerprint density at radius 2 is 1.87 bits per heavy atom. The van der Waals surface area contributed by atoms with Gasteiger partial charge in [-0.1, -0.05) is 23.7 Å². The number of anilines is 2. The normalized spacial score (nSPS) is 11.8. The lowest BCUT2D eigenvalue weighted by Gasteiger charge is -2.29. The van der Waals surface area contributed by atoms with E-state index in [1.807, 2.05) is 51.0 Å². The number of methoxy groups -OCH3 is 2. The number of nitrogens with zero attached hydrogens (tertiary/aromatic N) is 6. The maximum absolute atomic E-state index is 14.1. The van der Waals surface area contributed by atoms with E-state index in [1.54, 1.807) is 55.2 Å². The van der Waals surface area contributed by atoms with E-state index in [4.69, 9.17) is 21.1 Å². The van der Waals surface area contributed by atoms with Gasteiger partial charge in [0.25, 0.3) is 11.5 Å². The molecule has 12 heteroatoms. The molecule has 0 aliphatic rings. The zero-order valence-electron chi connectivity index (χ0n) is 27.3. The maximum Gasteiger partial charge on any atom is 0.268 e. The number of nitrogens with one attached hydrogen (secondary N) is 1. The second-order valence-corrected chi connectivity index (χ2v) is 11.8. The molecule has 0 radical (unpaired) electrons. The van der Waals surface area contributed by atoms with Crippen molar-refractivity contribution in [1.82, 2.24) is 19.4 Å². The number of halogens is 1. The number of aromatic nitrogens is 3. The number of pyridine rings is 1. The molecule has 0 bridgehead atoms. The molecule has 0 atom stereocenters. The van der Waals surface area contributed by atoms with Gasteiger partial charge >= 0.3 is 0 Å². The first-order valence-electron chi connectivity index (χ1n) is 14.5. The predicted molar refractivity (Wildman–Crippen MR) is 182 cm³/mol. The van der Waals surface area contributed by atoms with Crippen LogP contribution in [0.4, 0.5) is 11.6 Å². The largest absolute Gasteiger partial charge is 0.497 e. The minimum absolute atomic E-state index is 0.0503. The molecule has 2 aromatic carbocycles. The van der Waals surface area contributed by atoms with Crippen LogP contribution in [0, 0.1) is 11.3 Å². The van der Waals surface area contributed by atoms with E-state index in [2.05, 4.69) is 21.4 Å². The summed E-state index contributed by atoms with van der Waals surface area (Å²) in [5.74, 6) is 0.819. The minimum atomic E-state index is -0.495. The van der Waals surface area contributed by atoms with Crippen LogP contribution in [0.1, 0.15) is 19.4 Å². The molecule has 0 aliphatic carbocycles. The second-order valence-electron chi connectivity index (χ2n) is 11.4. The summed E-state index contributed by atoms with van der Waals surface area (Å²) in [6.45, 7) is 4.13. The van der Waals surface area contributed by atoms with Crippen LogP contribution in [0.3, 0.4) is 0 Å². The number of nitriles is 1. The molecular weight excluding hydrogens is 606 g/mol. The summed E-state index contributed by atoms with van der Waals surface area (Å²) >= 11 is 6.70. The topological polar surface area (TPSA) is 126 Å². The van der Waals surface area contributed by atoms with Crippen LogP contribution in [0.5, 0.6) is 11.5 Å². The Morgan fingerprint density at radius 3 is 2.50 bits per heavy atom. The number of benzene rings is 2. The number of likely N-dealkylation sites (N-methyl/N-ethyl adjacent to an activating group) is 2. The third-order valence-electron chi connectivity index (χ3n) is 8.04. The number of rotatable bonds is 11. The number of carbonyl (C=O) groups is 1. The van der Waals surface area contributed by atoms with Crippen molar-refractivity contribution in [2.24, 2.45) is 0 Å². The van der Waals surface area contributed by atoms with Crippen molar-refractivity contribution in [3.8, 4) is 28.7 Å². The fourth-order valence-electron chi connectivity index (χ4n) is 4.80. The number of amides is 1. The zero-order valence-corrected chi connectivity index (χ0v) is 28.1. The molecule has 11 nitrogen and oxygen atoms in total. The highest BCUT2D eigenvalue weighted by atomic mass is 35.5. The Kier molecular flexibility index (Phi) is 10.4. The second kappa shape index (κ2) is 14.0. The molecule has 0 fully saturated rings. The molecule has 0 saturated carbocycles. The molecule has 2 aromatic heterocycles.